The molecule has 2 heterocycles. The number of para-hydroxylation sites is 1. The van der Waals surface area contributed by atoms with Gasteiger partial charge in [-0.1, -0.05) is 17.4 Å². The maximum atomic E-state index is 12.5. The number of rotatable bonds is 8. The number of anilines is 3. The Morgan fingerprint density at radius 1 is 1.19 bits per heavy atom. The number of amides is 1. The molecule has 0 unspecified atom stereocenters. The highest BCUT2D eigenvalue weighted by molar-refractivity contribution is 7.93. The van der Waals surface area contributed by atoms with Crippen LogP contribution in [-0.4, -0.2) is 45.0 Å². The van der Waals surface area contributed by atoms with Crippen molar-refractivity contribution in [3.63, 3.8) is 0 Å². The predicted octanol–water partition coefficient (Wildman–Crippen LogP) is 3.64. The van der Waals surface area contributed by atoms with Crippen LogP contribution in [0.2, 0.25) is 0 Å². The molecule has 2 aromatic heterocycles. The highest BCUT2D eigenvalue weighted by Gasteiger charge is 2.17. The quantitative estimate of drug-likeness (QED) is 0.388. The third-order valence-electron chi connectivity index (χ3n) is 4.40. The molecule has 0 saturated heterocycles. The van der Waals surface area contributed by atoms with E-state index in [2.05, 4.69) is 20.0 Å². The van der Waals surface area contributed by atoms with Crippen molar-refractivity contribution < 1.29 is 17.9 Å². The monoisotopic (exact) mass is 489 g/mol. The number of aromatic nitrogens is 2. The van der Waals surface area contributed by atoms with Crippen LogP contribution in [0.1, 0.15) is 0 Å². The number of ether oxygens (including phenoxy) is 1. The molecule has 166 valence electrons. The van der Waals surface area contributed by atoms with E-state index in [1.807, 2.05) is 18.2 Å². The number of likely N-dealkylation sites (N-methyl/N-ethyl adjacent to an activating group) is 1. The van der Waals surface area contributed by atoms with Gasteiger partial charge < -0.3 is 15.0 Å². The molecule has 0 aliphatic carbocycles. The minimum absolute atomic E-state index is 0.0752. The number of methoxy groups -OCH3 is 1. The number of carbonyl (C=O) groups is 1. The molecule has 0 atom stereocenters. The normalized spacial score (nSPS) is 11.3. The summed E-state index contributed by atoms with van der Waals surface area (Å²) < 4.78 is 33.5. The minimum Gasteiger partial charge on any atom is -0.494 e. The maximum absolute atomic E-state index is 12.5. The highest BCUT2D eigenvalue weighted by Crippen LogP contribution is 2.33. The summed E-state index contributed by atoms with van der Waals surface area (Å²) in [6.45, 7) is 0.0772. The van der Waals surface area contributed by atoms with Gasteiger partial charge in [-0.3, -0.25) is 9.52 Å². The number of carbonyl (C=O) groups excluding carboxylic acids is 1. The summed E-state index contributed by atoms with van der Waals surface area (Å²) in [7, 11) is -0.367. The van der Waals surface area contributed by atoms with E-state index in [0.29, 0.717) is 16.6 Å². The van der Waals surface area contributed by atoms with Crippen LogP contribution in [-0.2, 0) is 14.8 Å². The molecule has 0 saturated carbocycles. The van der Waals surface area contributed by atoms with Crippen LogP contribution in [0.25, 0.3) is 10.2 Å². The molecule has 2 N–H and O–H groups in total. The van der Waals surface area contributed by atoms with Crippen molar-refractivity contribution in [2.45, 2.75) is 4.90 Å². The van der Waals surface area contributed by atoms with Gasteiger partial charge in [0, 0.05) is 24.3 Å². The first-order valence-electron chi connectivity index (χ1n) is 9.32. The SMILES string of the molecule is COc1cccc2sc(N(C)CC(=O)Nc3ccc(S(=O)(=O)Nc4nccs4)cc3)nc12. The molecule has 0 aliphatic rings. The smallest absolute Gasteiger partial charge is 0.263 e. The van der Waals surface area contributed by atoms with E-state index in [-0.39, 0.29) is 22.5 Å². The lowest BCUT2D eigenvalue weighted by Crippen LogP contribution is -2.29. The summed E-state index contributed by atoms with van der Waals surface area (Å²) in [6, 6.07) is 11.6. The summed E-state index contributed by atoms with van der Waals surface area (Å²) >= 11 is 2.65. The molecular weight excluding hydrogens is 470 g/mol. The van der Waals surface area contributed by atoms with E-state index in [4.69, 9.17) is 4.74 Å². The number of hydrogen-bond donors (Lipinski definition) is 2. The third kappa shape index (κ3) is 4.82. The molecule has 32 heavy (non-hydrogen) atoms. The van der Waals surface area contributed by atoms with Crippen molar-refractivity contribution in [2.75, 3.05) is 35.6 Å². The Bertz CT molecular complexity index is 1340. The largest absolute Gasteiger partial charge is 0.494 e. The van der Waals surface area contributed by atoms with E-state index in [9.17, 15) is 13.2 Å². The van der Waals surface area contributed by atoms with Crippen LogP contribution in [0.15, 0.2) is 58.9 Å². The second kappa shape index (κ2) is 9.10. The van der Waals surface area contributed by atoms with Gasteiger partial charge in [0.05, 0.1) is 23.2 Å². The number of thiazole rings is 2. The van der Waals surface area contributed by atoms with Crippen LogP contribution in [0.4, 0.5) is 16.0 Å². The Labute approximate surface area is 192 Å². The molecule has 1 amide bonds. The molecule has 12 heteroatoms. The Kier molecular flexibility index (Phi) is 6.26. The first-order chi connectivity index (χ1) is 15.4. The Morgan fingerprint density at radius 3 is 2.66 bits per heavy atom. The molecule has 0 radical (unpaired) electrons. The maximum Gasteiger partial charge on any atom is 0.263 e. The summed E-state index contributed by atoms with van der Waals surface area (Å²) in [5.41, 5.74) is 1.24. The van der Waals surface area contributed by atoms with Crippen LogP contribution in [0.5, 0.6) is 5.75 Å². The number of nitrogens with zero attached hydrogens (tertiary/aromatic N) is 3. The molecule has 2 aromatic carbocycles. The van der Waals surface area contributed by atoms with Crippen LogP contribution < -0.4 is 19.7 Å². The molecule has 0 fully saturated rings. The summed E-state index contributed by atoms with van der Waals surface area (Å²) in [6.07, 6.45) is 1.52. The van der Waals surface area contributed by atoms with Gasteiger partial charge in [0.2, 0.25) is 5.91 Å². The van der Waals surface area contributed by atoms with Crippen molar-refractivity contribution in [2.24, 2.45) is 0 Å². The Balaban J connectivity index is 1.40. The van der Waals surface area contributed by atoms with Gasteiger partial charge in [-0.25, -0.2) is 18.4 Å². The van der Waals surface area contributed by atoms with E-state index in [1.54, 1.807) is 24.4 Å². The summed E-state index contributed by atoms with van der Waals surface area (Å²) in [4.78, 5) is 22.8. The van der Waals surface area contributed by atoms with Gasteiger partial charge in [0.25, 0.3) is 10.0 Å². The van der Waals surface area contributed by atoms with Gasteiger partial charge in [-0.15, -0.1) is 11.3 Å². The molecule has 9 nitrogen and oxygen atoms in total. The van der Waals surface area contributed by atoms with Crippen molar-refractivity contribution >= 4 is 64.8 Å². The van der Waals surface area contributed by atoms with Crippen molar-refractivity contribution in [3.8, 4) is 5.75 Å². The standard InChI is InChI=1S/C20H19N5O4S3/c1-25(20-23-18-15(29-2)4-3-5-16(18)31-20)12-17(26)22-13-6-8-14(9-7-13)32(27,28)24-19-21-10-11-30-19/h3-11H,12H2,1-2H3,(H,21,24)(H,22,26). The lowest BCUT2D eigenvalue weighted by atomic mass is 10.3. The third-order valence-corrected chi connectivity index (χ3v) is 7.71. The Hall–Kier alpha value is -3.22. The first kappa shape index (κ1) is 22.0. The number of benzene rings is 2. The summed E-state index contributed by atoms with van der Waals surface area (Å²) in [5, 5.41) is 5.43. The fraction of sp³-hybridized carbons (Fsp3) is 0.150. The zero-order valence-corrected chi connectivity index (χ0v) is 19.6. The highest BCUT2D eigenvalue weighted by atomic mass is 32.2. The van der Waals surface area contributed by atoms with Gasteiger partial charge >= 0.3 is 0 Å². The fourth-order valence-corrected chi connectivity index (χ4v) is 5.62. The van der Waals surface area contributed by atoms with E-state index in [0.717, 1.165) is 10.2 Å². The Morgan fingerprint density at radius 2 is 1.97 bits per heavy atom. The molecule has 4 rings (SSSR count). The summed E-state index contributed by atoms with van der Waals surface area (Å²) in [5.74, 6) is 0.428. The minimum atomic E-state index is -3.74. The van der Waals surface area contributed by atoms with Crippen molar-refractivity contribution in [1.29, 1.82) is 0 Å². The zero-order valence-electron chi connectivity index (χ0n) is 17.1. The van der Waals surface area contributed by atoms with E-state index < -0.39 is 10.0 Å². The van der Waals surface area contributed by atoms with Gasteiger partial charge in [0.15, 0.2) is 10.3 Å². The van der Waals surface area contributed by atoms with Gasteiger partial charge in [-0.05, 0) is 36.4 Å². The van der Waals surface area contributed by atoms with Crippen LogP contribution in [0.3, 0.4) is 0 Å². The predicted molar refractivity (Wildman–Crippen MR) is 127 cm³/mol. The molecule has 0 aliphatic heterocycles. The first-order valence-corrected chi connectivity index (χ1v) is 12.5. The van der Waals surface area contributed by atoms with Gasteiger partial charge in [0.1, 0.15) is 11.3 Å². The second-order valence-electron chi connectivity index (χ2n) is 6.67. The van der Waals surface area contributed by atoms with Crippen molar-refractivity contribution in [3.05, 3.63) is 54.0 Å². The molecule has 0 bridgehead atoms. The average molecular weight is 490 g/mol. The zero-order chi connectivity index (χ0) is 22.7. The van der Waals surface area contributed by atoms with E-state index >= 15 is 0 Å². The number of nitrogens with one attached hydrogen (secondary N) is 2. The molecular formula is C20H19N5O4S3. The lowest BCUT2D eigenvalue weighted by molar-refractivity contribution is -0.114. The second-order valence-corrected chi connectivity index (χ2v) is 10.3. The molecule has 4 aromatic rings. The number of hydrogen-bond acceptors (Lipinski definition) is 9. The lowest BCUT2D eigenvalue weighted by Gasteiger charge is -2.15. The van der Waals surface area contributed by atoms with Crippen LogP contribution in [0, 0.1) is 0 Å². The number of fused-ring (bicyclic) bond motifs is 1. The fourth-order valence-electron chi connectivity index (χ4n) is 2.89. The van der Waals surface area contributed by atoms with Crippen molar-refractivity contribution in [1.82, 2.24) is 9.97 Å². The van der Waals surface area contributed by atoms with Gasteiger partial charge in [-0.2, -0.15) is 0 Å². The van der Waals surface area contributed by atoms with E-state index in [1.165, 1.54) is 53.1 Å². The molecule has 0 spiro atoms. The average Bonchev–Trinajstić information content (AvgIpc) is 3.43. The number of sulfonamides is 1. The topological polar surface area (TPSA) is 114 Å². The van der Waals surface area contributed by atoms with Crippen LogP contribution >= 0.6 is 22.7 Å².